The summed E-state index contributed by atoms with van der Waals surface area (Å²) < 4.78 is 21.2. The number of likely N-dealkylation sites (N-methyl/N-ethyl adjacent to an activating group) is 1. The molecule has 35 heavy (non-hydrogen) atoms. The molecule has 1 aliphatic heterocycles. The van der Waals surface area contributed by atoms with E-state index >= 15 is 4.39 Å². The van der Waals surface area contributed by atoms with E-state index in [2.05, 4.69) is 15.3 Å². The lowest BCUT2D eigenvalue weighted by Crippen LogP contribution is -2.58. The molecule has 2 atom stereocenters. The second-order valence-corrected chi connectivity index (χ2v) is 8.64. The summed E-state index contributed by atoms with van der Waals surface area (Å²) in [5, 5.41) is 3.07. The number of halogens is 2. The van der Waals surface area contributed by atoms with Gasteiger partial charge in [0.1, 0.15) is 17.1 Å². The first-order chi connectivity index (χ1) is 16.7. The van der Waals surface area contributed by atoms with E-state index in [1.54, 1.807) is 6.92 Å². The first-order valence-electron chi connectivity index (χ1n) is 10.7. The van der Waals surface area contributed by atoms with E-state index in [4.69, 9.17) is 22.1 Å². The lowest BCUT2D eigenvalue weighted by atomic mass is 9.84. The Balaban J connectivity index is 1.68. The van der Waals surface area contributed by atoms with Gasteiger partial charge in [0.2, 0.25) is 0 Å². The molecule has 0 radical (unpaired) electrons. The number of aromatic nitrogens is 1. The van der Waals surface area contributed by atoms with Crippen LogP contribution >= 0.6 is 11.6 Å². The number of rotatable bonds is 6. The lowest BCUT2D eigenvalue weighted by Gasteiger charge is -2.40. The van der Waals surface area contributed by atoms with E-state index in [1.807, 2.05) is 30.3 Å². The van der Waals surface area contributed by atoms with Gasteiger partial charge in [0, 0.05) is 24.5 Å². The van der Waals surface area contributed by atoms with Gasteiger partial charge in [-0.05, 0) is 42.8 Å². The van der Waals surface area contributed by atoms with Gasteiger partial charge < -0.3 is 15.8 Å². The van der Waals surface area contributed by atoms with Crippen LogP contribution in [0.4, 0.5) is 10.1 Å². The van der Waals surface area contributed by atoms with E-state index < -0.39 is 29.3 Å². The van der Waals surface area contributed by atoms with Gasteiger partial charge in [-0.3, -0.25) is 14.5 Å². The third-order valence-corrected chi connectivity index (χ3v) is 5.97. The van der Waals surface area contributed by atoms with Crippen LogP contribution in [0.3, 0.4) is 0 Å². The van der Waals surface area contributed by atoms with E-state index in [1.165, 1.54) is 48.5 Å². The topological polar surface area (TPSA) is 110 Å². The molecular formula is C25H23ClFN5O3. The van der Waals surface area contributed by atoms with Crippen molar-refractivity contribution >= 4 is 35.1 Å². The fourth-order valence-corrected chi connectivity index (χ4v) is 3.90. The minimum atomic E-state index is -1.49. The van der Waals surface area contributed by atoms with E-state index in [-0.39, 0.29) is 29.5 Å². The molecule has 1 aromatic heterocycles. The highest BCUT2D eigenvalue weighted by Gasteiger charge is 2.48. The average molecular weight is 496 g/mol. The van der Waals surface area contributed by atoms with Gasteiger partial charge in [-0.15, -0.1) is 0 Å². The van der Waals surface area contributed by atoms with E-state index in [9.17, 15) is 9.59 Å². The number of amides is 2. The van der Waals surface area contributed by atoms with Crippen LogP contribution in [0.15, 0.2) is 71.9 Å². The molecule has 180 valence electrons. The van der Waals surface area contributed by atoms with Crippen molar-refractivity contribution in [1.29, 1.82) is 0 Å². The number of guanidine groups is 1. The second kappa shape index (κ2) is 9.81. The van der Waals surface area contributed by atoms with Crippen LogP contribution in [0.5, 0.6) is 0 Å². The van der Waals surface area contributed by atoms with Gasteiger partial charge in [0.25, 0.3) is 11.8 Å². The van der Waals surface area contributed by atoms with Crippen LogP contribution in [0, 0.1) is 5.82 Å². The van der Waals surface area contributed by atoms with E-state index in [0.29, 0.717) is 5.02 Å². The first kappa shape index (κ1) is 24.3. The van der Waals surface area contributed by atoms with Gasteiger partial charge in [0.15, 0.2) is 12.1 Å². The number of carbonyl (C=O) groups excluding carboxylic acids is 2. The third-order valence-electron chi connectivity index (χ3n) is 5.74. The number of carbonyl (C=O) groups is 2. The molecule has 3 aromatic rings. The molecule has 2 heterocycles. The SMILES string of the molecule is CN1C(=O)C(OCc2ccccc2)[C@@](C)(c2cc(NC(=O)c3ccc(Cl)cn3)ccc2F)N=C1N. The number of pyridine rings is 1. The number of hydrogen-bond acceptors (Lipinski definition) is 6. The number of hydrogen-bond donors (Lipinski definition) is 2. The van der Waals surface area contributed by atoms with Crippen LogP contribution < -0.4 is 11.1 Å². The van der Waals surface area contributed by atoms with Crippen molar-refractivity contribution in [3.63, 3.8) is 0 Å². The first-order valence-corrected chi connectivity index (χ1v) is 11.1. The maximum Gasteiger partial charge on any atom is 0.274 e. The predicted octanol–water partition coefficient (Wildman–Crippen LogP) is 3.71. The van der Waals surface area contributed by atoms with Crippen molar-refractivity contribution in [3.8, 4) is 0 Å². The molecule has 0 saturated heterocycles. The van der Waals surface area contributed by atoms with Crippen molar-refractivity contribution in [2.24, 2.45) is 10.7 Å². The molecule has 4 rings (SSSR count). The Kier molecular flexibility index (Phi) is 6.81. The highest BCUT2D eigenvalue weighted by atomic mass is 35.5. The molecule has 0 aliphatic carbocycles. The van der Waals surface area contributed by atoms with Crippen molar-refractivity contribution in [3.05, 3.63) is 94.5 Å². The molecule has 2 amide bonds. The van der Waals surface area contributed by atoms with Crippen LogP contribution in [-0.4, -0.2) is 40.8 Å². The average Bonchev–Trinajstić information content (AvgIpc) is 2.84. The van der Waals surface area contributed by atoms with Crippen molar-refractivity contribution in [1.82, 2.24) is 9.88 Å². The quantitative estimate of drug-likeness (QED) is 0.541. The number of nitrogens with two attached hydrogens (primary N) is 1. The summed E-state index contributed by atoms with van der Waals surface area (Å²) in [5.41, 5.74) is 5.80. The molecule has 1 unspecified atom stereocenters. The summed E-state index contributed by atoms with van der Waals surface area (Å²) in [6.07, 6.45) is 0.183. The molecule has 0 saturated carbocycles. The molecule has 0 bridgehead atoms. The van der Waals surface area contributed by atoms with Crippen molar-refractivity contribution < 1.29 is 18.7 Å². The molecule has 8 nitrogen and oxygen atoms in total. The Hall–Kier alpha value is -3.82. The monoisotopic (exact) mass is 495 g/mol. The molecule has 0 spiro atoms. The summed E-state index contributed by atoms with van der Waals surface area (Å²) in [6, 6.07) is 16.3. The van der Waals surface area contributed by atoms with Crippen LogP contribution in [0.25, 0.3) is 0 Å². The van der Waals surface area contributed by atoms with Crippen molar-refractivity contribution in [2.75, 3.05) is 12.4 Å². The summed E-state index contributed by atoms with van der Waals surface area (Å²) in [5.74, 6) is -1.67. The molecule has 2 aromatic carbocycles. The zero-order chi connectivity index (χ0) is 25.2. The summed E-state index contributed by atoms with van der Waals surface area (Å²) in [4.78, 5) is 35.4. The summed E-state index contributed by atoms with van der Waals surface area (Å²) >= 11 is 5.83. The fourth-order valence-electron chi connectivity index (χ4n) is 3.79. The van der Waals surface area contributed by atoms with Gasteiger partial charge in [0.05, 0.1) is 11.6 Å². The second-order valence-electron chi connectivity index (χ2n) is 8.20. The van der Waals surface area contributed by atoms with Gasteiger partial charge in [-0.2, -0.15) is 0 Å². The zero-order valence-corrected chi connectivity index (χ0v) is 19.8. The fraction of sp³-hybridized carbons (Fsp3) is 0.200. The minimum absolute atomic E-state index is 0.0434. The number of anilines is 1. The molecule has 3 N–H and O–H groups in total. The van der Waals surface area contributed by atoms with Gasteiger partial charge >= 0.3 is 0 Å². The predicted molar refractivity (Wildman–Crippen MR) is 130 cm³/mol. The molecule has 0 fully saturated rings. The van der Waals surface area contributed by atoms with Crippen LogP contribution in [0.2, 0.25) is 5.02 Å². The Labute approximate surface area is 206 Å². The third kappa shape index (κ3) is 5.01. The van der Waals surface area contributed by atoms with Gasteiger partial charge in [-0.1, -0.05) is 41.9 Å². The highest BCUT2D eigenvalue weighted by Crippen LogP contribution is 2.38. The summed E-state index contributed by atoms with van der Waals surface area (Å²) in [7, 11) is 1.48. The highest BCUT2D eigenvalue weighted by molar-refractivity contribution is 6.30. The Bertz CT molecular complexity index is 1290. The number of aliphatic imine (C=N–C) groups is 1. The van der Waals surface area contributed by atoms with Crippen LogP contribution in [-0.2, 0) is 21.7 Å². The minimum Gasteiger partial charge on any atom is -0.369 e. The Morgan fingerprint density at radius 2 is 1.97 bits per heavy atom. The normalized spacial score (nSPS) is 19.9. The molecule has 10 heteroatoms. The maximum absolute atomic E-state index is 15.2. The van der Waals surface area contributed by atoms with Gasteiger partial charge in [-0.25, -0.2) is 14.4 Å². The largest absolute Gasteiger partial charge is 0.369 e. The number of nitrogens with one attached hydrogen (secondary N) is 1. The standard InChI is InChI=1S/C25H23ClFN5O3/c1-25(21(23(34)32(2)24(28)31-25)35-14-15-6-4-3-5-7-15)18-12-17(9-10-19(18)27)30-22(33)20-11-8-16(26)13-29-20/h3-13,21H,14H2,1-2H3,(H2,28,31)(H,30,33)/t21?,25-/m1/s1. The Morgan fingerprint density at radius 1 is 1.23 bits per heavy atom. The van der Waals surface area contributed by atoms with E-state index in [0.717, 1.165) is 5.56 Å². The zero-order valence-electron chi connectivity index (χ0n) is 19.0. The number of nitrogens with zero attached hydrogens (tertiary/aromatic N) is 3. The number of benzene rings is 2. The smallest absolute Gasteiger partial charge is 0.274 e. The lowest BCUT2D eigenvalue weighted by molar-refractivity contribution is -0.146. The number of ether oxygens (including phenoxy) is 1. The maximum atomic E-state index is 15.2. The molecule has 1 aliphatic rings. The van der Waals surface area contributed by atoms with Crippen molar-refractivity contribution in [2.45, 2.75) is 25.2 Å². The van der Waals surface area contributed by atoms with Crippen LogP contribution in [0.1, 0.15) is 28.5 Å². The Morgan fingerprint density at radius 3 is 2.66 bits per heavy atom. The molecular weight excluding hydrogens is 473 g/mol. The summed E-state index contributed by atoms with van der Waals surface area (Å²) in [6.45, 7) is 1.68.